The molecule has 1 saturated heterocycles. The van der Waals surface area contributed by atoms with Crippen molar-refractivity contribution in [3.05, 3.63) is 12.7 Å². The van der Waals surface area contributed by atoms with E-state index in [-0.39, 0.29) is 18.2 Å². The number of urea groups is 1. The average Bonchev–Trinajstić information content (AvgIpc) is 2.96. The van der Waals surface area contributed by atoms with E-state index in [0.29, 0.717) is 13.1 Å². The van der Waals surface area contributed by atoms with E-state index < -0.39 is 0 Å². The molecule has 2 N–H and O–H groups in total. The van der Waals surface area contributed by atoms with E-state index in [1.807, 2.05) is 0 Å². The number of nitrogens with zero attached hydrogens (tertiary/aromatic N) is 4. The topological polar surface area (TPSA) is 84.3 Å². The molecule has 2 heterocycles. The van der Waals surface area contributed by atoms with Crippen molar-refractivity contribution in [1.82, 2.24) is 30.3 Å². The molecule has 0 bridgehead atoms. The van der Waals surface area contributed by atoms with Gasteiger partial charge in [0.15, 0.2) is 0 Å². The van der Waals surface area contributed by atoms with Crippen molar-refractivity contribution in [2.75, 3.05) is 32.7 Å². The van der Waals surface area contributed by atoms with Crippen LogP contribution in [0.25, 0.3) is 0 Å². The molecule has 0 spiro atoms. The van der Waals surface area contributed by atoms with Crippen LogP contribution in [0.5, 0.6) is 0 Å². The predicted molar refractivity (Wildman–Crippen MR) is 82.5 cm³/mol. The van der Waals surface area contributed by atoms with Crippen LogP contribution < -0.4 is 10.6 Å². The van der Waals surface area contributed by atoms with Crippen LogP contribution in [0, 0.1) is 0 Å². The maximum absolute atomic E-state index is 11.7. The fourth-order valence-corrected chi connectivity index (χ4v) is 2.65. The SMILES string of the molecule is CC1CN(CCNC(=O)NCCCn2cncn2)CC(C)O1. The second kappa shape index (κ2) is 8.70. The lowest BCUT2D eigenvalue weighted by molar-refractivity contribution is -0.0672. The summed E-state index contributed by atoms with van der Waals surface area (Å²) in [5.74, 6) is 0. The Morgan fingerprint density at radius 2 is 1.95 bits per heavy atom. The van der Waals surface area contributed by atoms with Crippen LogP contribution in [0.3, 0.4) is 0 Å². The van der Waals surface area contributed by atoms with Gasteiger partial charge in [-0.1, -0.05) is 0 Å². The summed E-state index contributed by atoms with van der Waals surface area (Å²) in [6, 6.07) is -0.118. The molecule has 8 nitrogen and oxygen atoms in total. The highest BCUT2D eigenvalue weighted by Crippen LogP contribution is 2.09. The number of morpholine rings is 1. The summed E-state index contributed by atoms with van der Waals surface area (Å²) in [4.78, 5) is 17.9. The van der Waals surface area contributed by atoms with Crippen LogP contribution in [0.15, 0.2) is 12.7 Å². The zero-order valence-electron chi connectivity index (χ0n) is 13.4. The first-order valence-electron chi connectivity index (χ1n) is 7.85. The fourth-order valence-electron chi connectivity index (χ4n) is 2.65. The summed E-state index contributed by atoms with van der Waals surface area (Å²) >= 11 is 0. The van der Waals surface area contributed by atoms with Crippen molar-refractivity contribution in [3.63, 3.8) is 0 Å². The van der Waals surface area contributed by atoms with Crippen LogP contribution >= 0.6 is 0 Å². The van der Waals surface area contributed by atoms with Gasteiger partial charge in [0.25, 0.3) is 0 Å². The summed E-state index contributed by atoms with van der Waals surface area (Å²) in [5, 5.41) is 9.74. The fraction of sp³-hybridized carbons (Fsp3) is 0.786. The first kappa shape index (κ1) is 16.7. The van der Waals surface area contributed by atoms with Crippen LogP contribution in [0.2, 0.25) is 0 Å². The Labute approximate surface area is 131 Å². The Morgan fingerprint density at radius 3 is 2.64 bits per heavy atom. The highest BCUT2D eigenvalue weighted by atomic mass is 16.5. The van der Waals surface area contributed by atoms with Gasteiger partial charge in [-0.05, 0) is 20.3 Å². The van der Waals surface area contributed by atoms with Crippen molar-refractivity contribution in [1.29, 1.82) is 0 Å². The number of ether oxygens (including phenoxy) is 1. The molecule has 8 heteroatoms. The Morgan fingerprint density at radius 1 is 1.23 bits per heavy atom. The third kappa shape index (κ3) is 5.98. The van der Waals surface area contributed by atoms with Gasteiger partial charge in [0.05, 0.1) is 12.2 Å². The highest BCUT2D eigenvalue weighted by molar-refractivity contribution is 5.73. The van der Waals surface area contributed by atoms with Gasteiger partial charge in [-0.3, -0.25) is 9.58 Å². The number of aromatic nitrogens is 3. The molecule has 2 rings (SSSR count). The number of hydrogen-bond acceptors (Lipinski definition) is 5. The number of aryl methyl sites for hydroxylation is 1. The standard InChI is InChI=1S/C14H26N6O2/c1-12-8-19(9-13(2)22-12)7-5-17-14(21)16-4-3-6-20-11-15-10-18-20/h10-13H,3-9H2,1-2H3,(H2,16,17,21). The number of carbonyl (C=O) groups excluding carboxylic acids is 1. The second-order valence-electron chi connectivity index (χ2n) is 5.71. The first-order valence-corrected chi connectivity index (χ1v) is 7.85. The molecule has 1 fully saturated rings. The molecule has 1 aromatic rings. The van der Waals surface area contributed by atoms with E-state index in [4.69, 9.17) is 4.74 Å². The van der Waals surface area contributed by atoms with Crippen molar-refractivity contribution in [2.24, 2.45) is 0 Å². The van der Waals surface area contributed by atoms with Gasteiger partial charge in [-0.2, -0.15) is 5.10 Å². The van der Waals surface area contributed by atoms with E-state index in [2.05, 4.69) is 39.5 Å². The molecule has 2 atom stereocenters. The van der Waals surface area contributed by atoms with Gasteiger partial charge in [-0.25, -0.2) is 9.78 Å². The lowest BCUT2D eigenvalue weighted by Crippen LogP contribution is -2.48. The Bertz CT molecular complexity index is 429. The second-order valence-corrected chi connectivity index (χ2v) is 5.71. The smallest absolute Gasteiger partial charge is 0.314 e. The summed E-state index contributed by atoms with van der Waals surface area (Å²) < 4.78 is 7.44. The molecule has 2 amide bonds. The third-order valence-electron chi connectivity index (χ3n) is 3.52. The molecular formula is C14H26N6O2. The molecule has 0 radical (unpaired) electrons. The van der Waals surface area contributed by atoms with E-state index in [1.165, 1.54) is 6.33 Å². The van der Waals surface area contributed by atoms with Gasteiger partial charge in [0.2, 0.25) is 0 Å². The molecule has 1 aliphatic rings. The molecule has 0 saturated carbocycles. The molecular weight excluding hydrogens is 284 g/mol. The Hall–Kier alpha value is -1.67. The first-order chi connectivity index (χ1) is 10.6. The van der Waals surface area contributed by atoms with Crippen molar-refractivity contribution in [2.45, 2.75) is 39.0 Å². The monoisotopic (exact) mass is 310 g/mol. The largest absolute Gasteiger partial charge is 0.373 e. The number of carbonyl (C=O) groups is 1. The third-order valence-corrected chi connectivity index (χ3v) is 3.52. The number of amides is 2. The summed E-state index contributed by atoms with van der Waals surface area (Å²) in [5.41, 5.74) is 0. The van der Waals surface area contributed by atoms with Gasteiger partial charge in [-0.15, -0.1) is 0 Å². The van der Waals surface area contributed by atoms with E-state index in [9.17, 15) is 4.79 Å². The number of nitrogens with one attached hydrogen (secondary N) is 2. The highest BCUT2D eigenvalue weighted by Gasteiger charge is 2.21. The van der Waals surface area contributed by atoms with Gasteiger partial charge in [0.1, 0.15) is 12.7 Å². The molecule has 0 aromatic carbocycles. The Kier molecular flexibility index (Phi) is 6.60. The van der Waals surface area contributed by atoms with Crippen molar-refractivity contribution < 1.29 is 9.53 Å². The molecule has 124 valence electrons. The maximum atomic E-state index is 11.7. The molecule has 1 aliphatic heterocycles. The van der Waals surface area contributed by atoms with E-state index in [0.717, 1.165) is 32.6 Å². The molecule has 2 unspecified atom stereocenters. The van der Waals surface area contributed by atoms with E-state index >= 15 is 0 Å². The summed E-state index contributed by atoms with van der Waals surface area (Å²) in [6.45, 7) is 8.88. The minimum atomic E-state index is -0.118. The maximum Gasteiger partial charge on any atom is 0.314 e. The average molecular weight is 310 g/mol. The number of hydrogen-bond donors (Lipinski definition) is 2. The molecule has 0 aliphatic carbocycles. The quantitative estimate of drug-likeness (QED) is 0.697. The Balaban J connectivity index is 1.50. The predicted octanol–water partition coefficient (Wildman–Crippen LogP) is 0.0766. The van der Waals surface area contributed by atoms with E-state index in [1.54, 1.807) is 11.0 Å². The number of rotatable bonds is 7. The van der Waals surface area contributed by atoms with Gasteiger partial charge >= 0.3 is 6.03 Å². The van der Waals surface area contributed by atoms with Crippen LogP contribution in [-0.4, -0.2) is 70.6 Å². The zero-order valence-corrected chi connectivity index (χ0v) is 13.4. The van der Waals surface area contributed by atoms with Crippen LogP contribution in [-0.2, 0) is 11.3 Å². The lowest BCUT2D eigenvalue weighted by atomic mass is 10.2. The normalized spacial score (nSPS) is 22.5. The summed E-state index contributed by atoms with van der Waals surface area (Å²) in [7, 11) is 0. The van der Waals surface area contributed by atoms with Crippen molar-refractivity contribution in [3.8, 4) is 0 Å². The molecule has 22 heavy (non-hydrogen) atoms. The lowest BCUT2D eigenvalue weighted by Gasteiger charge is -2.35. The minimum Gasteiger partial charge on any atom is -0.373 e. The van der Waals surface area contributed by atoms with Crippen LogP contribution in [0.4, 0.5) is 4.79 Å². The summed E-state index contributed by atoms with van der Waals surface area (Å²) in [6.07, 6.45) is 4.52. The minimum absolute atomic E-state index is 0.118. The van der Waals surface area contributed by atoms with Crippen molar-refractivity contribution >= 4 is 6.03 Å². The zero-order chi connectivity index (χ0) is 15.8. The van der Waals surface area contributed by atoms with Crippen LogP contribution in [0.1, 0.15) is 20.3 Å². The molecule has 1 aromatic heterocycles. The van der Waals surface area contributed by atoms with Gasteiger partial charge < -0.3 is 15.4 Å². The van der Waals surface area contributed by atoms with Gasteiger partial charge in [0, 0.05) is 39.3 Å².